The zero-order chi connectivity index (χ0) is 21.3. The van der Waals surface area contributed by atoms with Crippen molar-refractivity contribution in [2.24, 2.45) is 0 Å². The van der Waals surface area contributed by atoms with Crippen molar-refractivity contribution < 1.29 is 13.5 Å². The predicted octanol–water partition coefficient (Wildman–Crippen LogP) is 7.16. The molecule has 0 aliphatic rings. The number of halogens is 2. The van der Waals surface area contributed by atoms with Crippen LogP contribution < -0.4 is 4.74 Å². The summed E-state index contributed by atoms with van der Waals surface area (Å²) in [7, 11) is 1.30. The summed E-state index contributed by atoms with van der Waals surface area (Å²) in [5, 5.41) is 0. The molecule has 3 aromatic carbocycles. The van der Waals surface area contributed by atoms with Gasteiger partial charge in [-0.1, -0.05) is 74.4 Å². The van der Waals surface area contributed by atoms with Gasteiger partial charge in [-0.15, -0.1) is 0 Å². The molecule has 0 spiro atoms. The van der Waals surface area contributed by atoms with Crippen molar-refractivity contribution in [3.63, 3.8) is 0 Å². The number of ether oxygens (including phenoxy) is 1. The first kappa shape index (κ1) is 21.6. The Labute approximate surface area is 177 Å². The quantitative estimate of drug-likeness (QED) is 0.300. The zero-order valence-electron chi connectivity index (χ0n) is 17.5. The van der Waals surface area contributed by atoms with Crippen LogP contribution in [0.3, 0.4) is 0 Å². The van der Waals surface area contributed by atoms with Crippen molar-refractivity contribution in [1.29, 1.82) is 0 Å². The number of hydrogen-bond acceptors (Lipinski definition) is 1. The molecule has 1 nitrogen and oxygen atoms in total. The lowest BCUT2D eigenvalue weighted by Crippen LogP contribution is -1.95. The van der Waals surface area contributed by atoms with Crippen LogP contribution >= 0.6 is 0 Å². The van der Waals surface area contributed by atoms with E-state index in [0.717, 1.165) is 23.1 Å². The SMILES string of the molecule is CCCCCCc1ccc(-c2ccc(C#Cc3ccc(OC)c(F)c3F)cc2)cc1. The molecular weight excluding hydrogens is 378 g/mol. The molecular formula is C27H26F2O. The highest BCUT2D eigenvalue weighted by molar-refractivity contribution is 5.64. The van der Waals surface area contributed by atoms with E-state index in [1.165, 1.54) is 50.5 Å². The number of aryl methyl sites for hydroxylation is 1. The Morgan fingerprint density at radius 2 is 1.40 bits per heavy atom. The molecule has 0 heterocycles. The van der Waals surface area contributed by atoms with Crippen molar-refractivity contribution in [3.8, 4) is 28.7 Å². The monoisotopic (exact) mass is 404 g/mol. The highest BCUT2D eigenvalue weighted by Gasteiger charge is 2.12. The van der Waals surface area contributed by atoms with E-state index in [-0.39, 0.29) is 11.3 Å². The molecule has 0 aliphatic carbocycles. The standard InChI is InChI=1S/C27H26F2O/c1-3-4-5-6-7-20-8-13-22(14-9-20)23-15-10-21(11-16-23)12-17-24-18-19-25(30-2)27(29)26(24)28/h8-11,13-16,18-19H,3-7H2,1-2H3. The van der Waals surface area contributed by atoms with E-state index in [9.17, 15) is 8.78 Å². The molecule has 3 rings (SSSR count). The van der Waals surface area contributed by atoms with E-state index in [4.69, 9.17) is 4.74 Å². The van der Waals surface area contributed by atoms with Crippen LogP contribution in [0.2, 0.25) is 0 Å². The first-order valence-corrected chi connectivity index (χ1v) is 10.4. The summed E-state index contributed by atoms with van der Waals surface area (Å²) in [6.45, 7) is 2.23. The summed E-state index contributed by atoms with van der Waals surface area (Å²) in [4.78, 5) is 0. The molecule has 0 aromatic heterocycles. The zero-order valence-corrected chi connectivity index (χ0v) is 17.5. The predicted molar refractivity (Wildman–Crippen MR) is 119 cm³/mol. The van der Waals surface area contributed by atoms with Crippen molar-refractivity contribution >= 4 is 0 Å². The molecule has 0 saturated carbocycles. The van der Waals surface area contributed by atoms with Gasteiger partial charge in [0.1, 0.15) is 0 Å². The molecule has 30 heavy (non-hydrogen) atoms. The van der Waals surface area contributed by atoms with Gasteiger partial charge in [-0.25, -0.2) is 4.39 Å². The highest BCUT2D eigenvalue weighted by atomic mass is 19.2. The molecule has 0 fully saturated rings. The summed E-state index contributed by atoms with van der Waals surface area (Å²) in [5.74, 6) is 3.44. The van der Waals surface area contributed by atoms with Gasteiger partial charge in [0, 0.05) is 5.56 Å². The Morgan fingerprint density at radius 3 is 2.03 bits per heavy atom. The number of unbranched alkanes of at least 4 members (excludes halogenated alkanes) is 3. The summed E-state index contributed by atoms with van der Waals surface area (Å²) >= 11 is 0. The summed E-state index contributed by atoms with van der Waals surface area (Å²) < 4.78 is 32.6. The first-order valence-electron chi connectivity index (χ1n) is 10.4. The molecule has 3 heteroatoms. The molecule has 0 saturated heterocycles. The Hall–Kier alpha value is -3.12. The molecule has 0 N–H and O–H groups in total. The van der Waals surface area contributed by atoms with Gasteiger partial charge in [0.2, 0.25) is 5.82 Å². The van der Waals surface area contributed by atoms with Crippen molar-refractivity contribution in [1.82, 2.24) is 0 Å². The van der Waals surface area contributed by atoms with Crippen LogP contribution in [-0.2, 0) is 6.42 Å². The van der Waals surface area contributed by atoms with Crippen LogP contribution in [0.25, 0.3) is 11.1 Å². The third-order valence-electron chi connectivity index (χ3n) is 5.10. The second kappa shape index (κ2) is 10.6. The summed E-state index contributed by atoms with van der Waals surface area (Å²) in [6, 6.07) is 19.2. The average Bonchev–Trinajstić information content (AvgIpc) is 2.79. The molecule has 154 valence electrons. The van der Waals surface area contributed by atoms with Gasteiger partial charge in [0.15, 0.2) is 11.6 Å². The van der Waals surface area contributed by atoms with E-state index >= 15 is 0 Å². The number of hydrogen-bond donors (Lipinski definition) is 0. The Bertz CT molecular complexity index is 1030. The Morgan fingerprint density at radius 1 is 0.733 bits per heavy atom. The van der Waals surface area contributed by atoms with Crippen LogP contribution in [-0.4, -0.2) is 7.11 Å². The minimum atomic E-state index is -1.02. The fourth-order valence-electron chi connectivity index (χ4n) is 3.29. The summed E-state index contributed by atoms with van der Waals surface area (Å²) in [5.41, 5.74) is 4.36. The molecule has 0 amide bonds. The molecule has 0 radical (unpaired) electrons. The summed E-state index contributed by atoms with van der Waals surface area (Å²) in [6.07, 6.45) is 6.20. The first-order chi connectivity index (χ1) is 14.6. The Kier molecular flexibility index (Phi) is 7.63. The van der Waals surface area contributed by atoms with E-state index in [2.05, 4.69) is 43.0 Å². The fourth-order valence-corrected chi connectivity index (χ4v) is 3.29. The molecule has 3 aromatic rings. The maximum absolute atomic E-state index is 14.0. The van der Waals surface area contributed by atoms with E-state index in [1.54, 1.807) is 0 Å². The lowest BCUT2D eigenvalue weighted by atomic mass is 10.0. The van der Waals surface area contributed by atoms with Crippen molar-refractivity contribution in [3.05, 3.63) is 89.0 Å². The van der Waals surface area contributed by atoms with Gasteiger partial charge in [-0.05, 0) is 53.8 Å². The normalized spacial score (nSPS) is 10.4. The van der Waals surface area contributed by atoms with Gasteiger partial charge in [-0.2, -0.15) is 4.39 Å². The number of methoxy groups -OCH3 is 1. The Balaban J connectivity index is 1.67. The molecule has 0 bridgehead atoms. The van der Waals surface area contributed by atoms with Gasteiger partial charge >= 0.3 is 0 Å². The van der Waals surface area contributed by atoms with Crippen LogP contribution in [0.15, 0.2) is 60.7 Å². The largest absolute Gasteiger partial charge is 0.494 e. The lowest BCUT2D eigenvalue weighted by Gasteiger charge is -2.05. The molecule has 0 aliphatic heterocycles. The van der Waals surface area contributed by atoms with E-state index in [0.29, 0.717) is 0 Å². The average molecular weight is 405 g/mol. The third kappa shape index (κ3) is 5.48. The second-order valence-corrected chi connectivity index (χ2v) is 7.28. The van der Waals surface area contributed by atoms with Crippen LogP contribution in [0.5, 0.6) is 5.75 Å². The second-order valence-electron chi connectivity index (χ2n) is 7.28. The maximum atomic E-state index is 14.0. The number of rotatable bonds is 7. The van der Waals surface area contributed by atoms with Gasteiger partial charge in [0.05, 0.1) is 12.7 Å². The topological polar surface area (TPSA) is 9.23 Å². The van der Waals surface area contributed by atoms with Gasteiger partial charge in [0.25, 0.3) is 0 Å². The molecule has 0 unspecified atom stereocenters. The lowest BCUT2D eigenvalue weighted by molar-refractivity contribution is 0.371. The minimum absolute atomic E-state index is 0.00639. The van der Waals surface area contributed by atoms with Crippen LogP contribution in [0.4, 0.5) is 8.78 Å². The maximum Gasteiger partial charge on any atom is 0.201 e. The smallest absolute Gasteiger partial charge is 0.201 e. The fraction of sp³-hybridized carbons (Fsp3) is 0.259. The third-order valence-corrected chi connectivity index (χ3v) is 5.10. The van der Waals surface area contributed by atoms with Crippen LogP contribution in [0, 0.1) is 23.5 Å². The minimum Gasteiger partial charge on any atom is -0.494 e. The van der Waals surface area contributed by atoms with Crippen LogP contribution in [0.1, 0.15) is 49.3 Å². The van der Waals surface area contributed by atoms with Gasteiger partial charge < -0.3 is 4.74 Å². The van der Waals surface area contributed by atoms with Crippen molar-refractivity contribution in [2.75, 3.05) is 7.11 Å². The van der Waals surface area contributed by atoms with E-state index in [1.807, 2.05) is 24.3 Å². The highest BCUT2D eigenvalue weighted by Crippen LogP contribution is 2.23. The van der Waals surface area contributed by atoms with Crippen molar-refractivity contribution in [2.45, 2.75) is 39.0 Å². The van der Waals surface area contributed by atoms with Gasteiger partial charge in [-0.3, -0.25) is 0 Å². The number of benzene rings is 3. The van der Waals surface area contributed by atoms with E-state index < -0.39 is 11.6 Å². The molecule has 0 atom stereocenters.